The summed E-state index contributed by atoms with van der Waals surface area (Å²) in [6.45, 7) is 5.23. The van der Waals surface area contributed by atoms with Gasteiger partial charge in [0.25, 0.3) is 0 Å². The molecule has 1 saturated heterocycles. The molecule has 1 aliphatic heterocycles. The van der Waals surface area contributed by atoms with E-state index in [0.717, 1.165) is 44.5 Å². The zero-order valence-corrected chi connectivity index (χ0v) is 12.7. The molecule has 0 aromatic heterocycles. The van der Waals surface area contributed by atoms with Crippen LogP contribution in [0, 0.1) is 0 Å². The zero-order chi connectivity index (χ0) is 14.4. The highest BCUT2D eigenvalue weighted by molar-refractivity contribution is 6.30. The number of ether oxygens (including phenoxy) is 1. The fraction of sp³-hybridized carbons (Fsp3) is 0.562. The molecule has 1 atom stereocenters. The molecule has 110 valence electrons. The lowest BCUT2D eigenvalue weighted by atomic mass is 10.1. The third-order valence-electron chi connectivity index (χ3n) is 3.55. The van der Waals surface area contributed by atoms with Crippen LogP contribution in [0.1, 0.15) is 36.5 Å². The Morgan fingerprint density at radius 1 is 1.40 bits per heavy atom. The molecule has 0 bridgehead atoms. The largest absolute Gasteiger partial charge is 0.377 e. The highest BCUT2D eigenvalue weighted by Crippen LogP contribution is 2.15. The van der Waals surface area contributed by atoms with Crippen molar-refractivity contribution in [3.8, 4) is 0 Å². The van der Waals surface area contributed by atoms with Gasteiger partial charge < -0.3 is 4.74 Å². The van der Waals surface area contributed by atoms with Crippen molar-refractivity contribution in [2.24, 2.45) is 0 Å². The van der Waals surface area contributed by atoms with Gasteiger partial charge in [0.05, 0.1) is 12.6 Å². The van der Waals surface area contributed by atoms with Gasteiger partial charge in [0.2, 0.25) is 0 Å². The minimum absolute atomic E-state index is 0.151. The van der Waals surface area contributed by atoms with Gasteiger partial charge in [-0.1, -0.05) is 18.5 Å². The second-order valence-corrected chi connectivity index (χ2v) is 5.74. The molecule has 20 heavy (non-hydrogen) atoms. The topological polar surface area (TPSA) is 29.5 Å². The number of hydrogen-bond acceptors (Lipinski definition) is 3. The maximum Gasteiger partial charge on any atom is 0.176 e. The van der Waals surface area contributed by atoms with Crippen molar-refractivity contribution < 1.29 is 9.53 Å². The second kappa shape index (κ2) is 7.77. The van der Waals surface area contributed by atoms with E-state index < -0.39 is 0 Å². The number of likely N-dealkylation sites (tertiary alicyclic amines) is 1. The molecule has 3 nitrogen and oxygen atoms in total. The molecule has 0 aliphatic carbocycles. The lowest BCUT2D eigenvalue weighted by molar-refractivity contribution is 0.00131. The van der Waals surface area contributed by atoms with Gasteiger partial charge in [-0.05, 0) is 50.1 Å². The Hall–Kier alpha value is -0.900. The Morgan fingerprint density at radius 2 is 2.15 bits per heavy atom. The van der Waals surface area contributed by atoms with E-state index >= 15 is 0 Å². The first-order chi connectivity index (χ1) is 9.69. The maximum atomic E-state index is 12.2. The average Bonchev–Trinajstić information content (AvgIpc) is 2.46. The predicted octanol–water partition coefficient (Wildman–Crippen LogP) is 3.41. The van der Waals surface area contributed by atoms with E-state index in [1.807, 2.05) is 0 Å². The molecule has 0 spiro atoms. The summed E-state index contributed by atoms with van der Waals surface area (Å²) >= 11 is 5.84. The highest BCUT2D eigenvalue weighted by atomic mass is 35.5. The first kappa shape index (κ1) is 15.5. The SMILES string of the molecule is CCCOC1CCCN(CC(=O)c2ccc(Cl)cc2)C1. The van der Waals surface area contributed by atoms with E-state index in [1.54, 1.807) is 24.3 Å². The Labute approximate surface area is 125 Å². The molecule has 1 fully saturated rings. The monoisotopic (exact) mass is 295 g/mol. The molecule has 0 saturated carbocycles. The fourth-order valence-electron chi connectivity index (χ4n) is 2.51. The highest BCUT2D eigenvalue weighted by Gasteiger charge is 2.22. The maximum absolute atomic E-state index is 12.2. The summed E-state index contributed by atoms with van der Waals surface area (Å²) in [4.78, 5) is 14.4. The minimum atomic E-state index is 0.151. The van der Waals surface area contributed by atoms with Crippen molar-refractivity contribution in [2.75, 3.05) is 26.2 Å². The van der Waals surface area contributed by atoms with Crippen molar-refractivity contribution in [1.29, 1.82) is 0 Å². The number of hydrogen-bond donors (Lipinski definition) is 0. The standard InChI is InChI=1S/C16H22ClNO2/c1-2-10-20-15-4-3-9-18(11-15)12-16(19)13-5-7-14(17)8-6-13/h5-8,15H,2-4,9-12H2,1H3. The molecule has 0 amide bonds. The number of halogens is 1. The van der Waals surface area contributed by atoms with Crippen LogP contribution in [0.3, 0.4) is 0 Å². The third-order valence-corrected chi connectivity index (χ3v) is 3.81. The Balaban J connectivity index is 1.85. The van der Waals surface area contributed by atoms with Crippen LogP contribution in [0.15, 0.2) is 24.3 Å². The van der Waals surface area contributed by atoms with Crippen molar-refractivity contribution >= 4 is 17.4 Å². The van der Waals surface area contributed by atoms with Crippen molar-refractivity contribution in [1.82, 2.24) is 4.90 Å². The summed E-state index contributed by atoms with van der Waals surface area (Å²) in [7, 11) is 0. The summed E-state index contributed by atoms with van der Waals surface area (Å²) in [5.74, 6) is 0.151. The molecule has 1 aliphatic rings. The van der Waals surface area contributed by atoms with E-state index in [9.17, 15) is 4.79 Å². The smallest absolute Gasteiger partial charge is 0.176 e. The second-order valence-electron chi connectivity index (χ2n) is 5.30. The van der Waals surface area contributed by atoms with Gasteiger partial charge in [0.1, 0.15) is 0 Å². The van der Waals surface area contributed by atoms with Crippen LogP contribution < -0.4 is 0 Å². The van der Waals surface area contributed by atoms with Crippen molar-refractivity contribution in [3.63, 3.8) is 0 Å². The molecule has 1 aromatic carbocycles. The number of ketones is 1. The van der Waals surface area contributed by atoms with Crippen LogP contribution >= 0.6 is 11.6 Å². The minimum Gasteiger partial charge on any atom is -0.377 e. The lowest BCUT2D eigenvalue weighted by Crippen LogP contribution is -2.42. The molecule has 2 rings (SSSR count). The number of piperidine rings is 1. The van der Waals surface area contributed by atoms with Gasteiger partial charge in [-0.15, -0.1) is 0 Å². The average molecular weight is 296 g/mol. The number of Topliss-reactive ketones (excluding diaryl/α,β-unsaturated/α-hetero) is 1. The van der Waals surface area contributed by atoms with Gasteiger partial charge in [0.15, 0.2) is 5.78 Å². The third kappa shape index (κ3) is 4.58. The van der Waals surface area contributed by atoms with Crippen LogP contribution in [-0.2, 0) is 4.74 Å². The number of rotatable bonds is 6. The quantitative estimate of drug-likeness (QED) is 0.753. The number of nitrogens with zero attached hydrogens (tertiary/aromatic N) is 1. The number of carbonyl (C=O) groups is 1. The zero-order valence-electron chi connectivity index (χ0n) is 12.0. The summed E-state index contributed by atoms with van der Waals surface area (Å²) in [6, 6.07) is 7.11. The van der Waals surface area contributed by atoms with Gasteiger partial charge in [0, 0.05) is 23.7 Å². The molecular formula is C16H22ClNO2. The molecule has 1 unspecified atom stereocenters. The molecule has 0 N–H and O–H groups in total. The normalized spacial score (nSPS) is 20.0. The summed E-state index contributed by atoms with van der Waals surface area (Å²) in [6.07, 6.45) is 3.52. The van der Waals surface area contributed by atoms with Crippen molar-refractivity contribution in [2.45, 2.75) is 32.3 Å². The van der Waals surface area contributed by atoms with E-state index in [4.69, 9.17) is 16.3 Å². The van der Waals surface area contributed by atoms with Crippen LogP contribution in [0.2, 0.25) is 5.02 Å². The van der Waals surface area contributed by atoms with Gasteiger partial charge >= 0.3 is 0 Å². The van der Waals surface area contributed by atoms with Crippen LogP contribution in [0.25, 0.3) is 0 Å². The first-order valence-corrected chi connectivity index (χ1v) is 7.69. The predicted molar refractivity (Wildman–Crippen MR) is 81.5 cm³/mol. The Morgan fingerprint density at radius 3 is 2.85 bits per heavy atom. The van der Waals surface area contributed by atoms with Crippen LogP contribution in [0.4, 0.5) is 0 Å². The summed E-state index contributed by atoms with van der Waals surface area (Å²) < 4.78 is 5.79. The van der Waals surface area contributed by atoms with Gasteiger partial charge in [-0.3, -0.25) is 9.69 Å². The first-order valence-electron chi connectivity index (χ1n) is 7.31. The van der Waals surface area contributed by atoms with Gasteiger partial charge in [-0.2, -0.15) is 0 Å². The van der Waals surface area contributed by atoms with Gasteiger partial charge in [-0.25, -0.2) is 0 Å². The summed E-state index contributed by atoms with van der Waals surface area (Å²) in [5, 5.41) is 0.660. The van der Waals surface area contributed by atoms with E-state index in [-0.39, 0.29) is 11.9 Å². The van der Waals surface area contributed by atoms with Crippen LogP contribution in [-0.4, -0.2) is 43.0 Å². The summed E-state index contributed by atoms with van der Waals surface area (Å²) in [5.41, 5.74) is 0.728. The lowest BCUT2D eigenvalue weighted by Gasteiger charge is -2.32. The van der Waals surface area contributed by atoms with E-state index in [1.165, 1.54) is 0 Å². The fourth-order valence-corrected chi connectivity index (χ4v) is 2.63. The van der Waals surface area contributed by atoms with E-state index in [0.29, 0.717) is 11.6 Å². The number of carbonyl (C=O) groups excluding carboxylic acids is 1. The molecule has 1 heterocycles. The van der Waals surface area contributed by atoms with Crippen LogP contribution in [0.5, 0.6) is 0 Å². The molecule has 4 heteroatoms. The molecule has 0 radical (unpaired) electrons. The Kier molecular flexibility index (Phi) is 6.02. The Bertz CT molecular complexity index is 433. The number of benzene rings is 1. The molecule has 1 aromatic rings. The molecular weight excluding hydrogens is 274 g/mol. The van der Waals surface area contributed by atoms with E-state index in [2.05, 4.69) is 11.8 Å². The van der Waals surface area contributed by atoms with Crippen molar-refractivity contribution in [3.05, 3.63) is 34.9 Å².